The first kappa shape index (κ1) is 13.2. The Labute approximate surface area is 96.9 Å². The summed E-state index contributed by atoms with van der Waals surface area (Å²) in [7, 11) is 0. The van der Waals surface area contributed by atoms with Gasteiger partial charge in [-0.15, -0.1) is 0 Å². The molecule has 1 aromatic rings. The standard InChI is InChI=1S/C13H20O3/c1-4-12(14)10-15-16-13(2,3)11-8-6-5-7-9-11/h5-9,12,14H,4,10H2,1-3H3. The number of aliphatic hydroxyl groups excluding tert-OH is 1. The van der Waals surface area contributed by atoms with Gasteiger partial charge in [0.1, 0.15) is 12.2 Å². The quantitative estimate of drug-likeness (QED) is 0.596. The molecule has 0 saturated heterocycles. The lowest BCUT2D eigenvalue weighted by atomic mass is 9.99. The maximum Gasteiger partial charge on any atom is 0.123 e. The van der Waals surface area contributed by atoms with Gasteiger partial charge in [-0.1, -0.05) is 37.3 Å². The first-order chi connectivity index (χ1) is 7.56. The van der Waals surface area contributed by atoms with Crippen LogP contribution in [0.1, 0.15) is 32.8 Å². The van der Waals surface area contributed by atoms with Gasteiger partial charge in [0.25, 0.3) is 0 Å². The highest BCUT2D eigenvalue weighted by Crippen LogP contribution is 2.24. The molecule has 1 aromatic carbocycles. The van der Waals surface area contributed by atoms with E-state index in [1.807, 2.05) is 51.1 Å². The van der Waals surface area contributed by atoms with Crippen LogP contribution in [0.5, 0.6) is 0 Å². The minimum absolute atomic E-state index is 0.201. The fourth-order valence-corrected chi connectivity index (χ4v) is 1.27. The van der Waals surface area contributed by atoms with Crippen LogP contribution in [0, 0.1) is 0 Å². The third-order valence-corrected chi connectivity index (χ3v) is 2.47. The molecule has 0 bridgehead atoms. The highest BCUT2D eigenvalue weighted by molar-refractivity contribution is 5.20. The Bertz CT molecular complexity index is 295. The summed E-state index contributed by atoms with van der Waals surface area (Å²) in [4.78, 5) is 10.4. The molecule has 1 rings (SSSR count). The third-order valence-electron chi connectivity index (χ3n) is 2.47. The van der Waals surface area contributed by atoms with Gasteiger partial charge in [0.15, 0.2) is 0 Å². The van der Waals surface area contributed by atoms with Gasteiger partial charge >= 0.3 is 0 Å². The van der Waals surface area contributed by atoms with Crippen molar-refractivity contribution >= 4 is 0 Å². The number of rotatable bonds is 6. The van der Waals surface area contributed by atoms with Gasteiger partial charge in [-0.3, -0.25) is 0 Å². The lowest BCUT2D eigenvalue weighted by Crippen LogP contribution is -2.24. The summed E-state index contributed by atoms with van der Waals surface area (Å²) in [5.74, 6) is 0. The van der Waals surface area contributed by atoms with Crippen LogP contribution in [0.4, 0.5) is 0 Å². The summed E-state index contributed by atoms with van der Waals surface area (Å²) < 4.78 is 0. The van der Waals surface area contributed by atoms with E-state index in [1.54, 1.807) is 0 Å². The third kappa shape index (κ3) is 3.93. The molecule has 3 nitrogen and oxygen atoms in total. The van der Waals surface area contributed by atoms with Crippen molar-refractivity contribution in [2.75, 3.05) is 6.61 Å². The zero-order chi connectivity index (χ0) is 12.0. The summed E-state index contributed by atoms with van der Waals surface area (Å²) >= 11 is 0. The van der Waals surface area contributed by atoms with E-state index in [9.17, 15) is 5.11 Å². The number of benzene rings is 1. The topological polar surface area (TPSA) is 38.7 Å². The van der Waals surface area contributed by atoms with Crippen LogP contribution in [0.2, 0.25) is 0 Å². The van der Waals surface area contributed by atoms with Gasteiger partial charge in [-0.2, -0.15) is 0 Å². The Hall–Kier alpha value is -0.900. The maximum absolute atomic E-state index is 9.32. The second-order valence-electron chi connectivity index (χ2n) is 4.31. The van der Waals surface area contributed by atoms with E-state index in [0.29, 0.717) is 6.42 Å². The minimum atomic E-state index is -0.505. The smallest absolute Gasteiger partial charge is 0.123 e. The van der Waals surface area contributed by atoms with Gasteiger partial charge in [0.05, 0.1) is 6.10 Å². The molecular formula is C13H20O3. The predicted molar refractivity (Wildman–Crippen MR) is 62.8 cm³/mol. The van der Waals surface area contributed by atoms with Crippen molar-refractivity contribution in [3.05, 3.63) is 35.9 Å². The molecule has 1 unspecified atom stereocenters. The Balaban J connectivity index is 2.46. The molecule has 1 atom stereocenters. The van der Waals surface area contributed by atoms with Crippen molar-refractivity contribution < 1.29 is 14.9 Å². The summed E-state index contributed by atoms with van der Waals surface area (Å²) in [6, 6.07) is 9.85. The number of hydrogen-bond donors (Lipinski definition) is 1. The first-order valence-electron chi connectivity index (χ1n) is 5.60. The predicted octanol–water partition coefficient (Wildman–Crippen LogP) is 2.64. The first-order valence-corrected chi connectivity index (χ1v) is 5.60. The molecular weight excluding hydrogens is 204 g/mol. The molecule has 3 heteroatoms. The van der Waals surface area contributed by atoms with E-state index in [-0.39, 0.29) is 6.61 Å². The van der Waals surface area contributed by atoms with Crippen LogP contribution >= 0.6 is 0 Å². The van der Waals surface area contributed by atoms with E-state index >= 15 is 0 Å². The van der Waals surface area contributed by atoms with Crippen LogP contribution < -0.4 is 0 Å². The minimum Gasteiger partial charge on any atom is -0.391 e. The normalized spacial score (nSPS) is 13.8. The Morgan fingerprint density at radius 1 is 1.25 bits per heavy atom. The van der Waals surface area contributed by atoms with Crippen molar-refractivity contribution in [2.24, 2.45) is 0 Å². The van der Waals surface area contributed by atoms with Crippen molar-refractivity contribution in [2.45, 2.75) is 38.9 Å². The lowest BCUT2D eigenvalue weighted by Gasteiger charge is -2.24. The molecule has 0 amide bonds. The van der Waals surface area contributed by atoms with Crippen LogP contribution in [-0.2, 0) is 15.4 Å². The van der Waals surface area contributed by atoms with Crippen molar-refractivity contribution in [3.8, 4) is 0 Å². The summed E-state index contributed by atoms with van der Waals surface area (Å²) in [6.07, 6.45) is 0.196. The summed E-state index contributed by atoms with van der Waals surface area (Å²) in [5.41, 5.74) is 0.537. The highest BCUT2D eigenvalue weighted by atomic mass is 17.2. The molecule has 0 spiro atoms. The molecule has 0 aliphatic carbocycles. The number of aliphatic hydroxyl groups is 1. The molecule has 0 aliphatic heterocycles. The molecule has 0 radical (unpaired) electrons. The lowest BCUT2D eigenvalue weighted by molar-refractivity contribution is -0.365. The van der Waals surface area contributed by atoms with Gasteiger partial charge in [0, 0.05) is 0 Å². The second kappa shape index (κ2) is 5.99. The van der Waals surface area contributed by atoms with Crippen LogP contribution in [0.3, 0.4) is 0 Å². The zero-order valence-electron chi connectivity index (χ0n) is 10.1. The largest absolute Gasteiger partial charge is 0.391 e. The monoisotopic (exact) mass is 224 g/mol. The van der Waals surface area contributed by atoms with E-state index < -0.39 is 11.7 Å². The Morgan fingerprint density at radius 2 is 1.88 bits per heavy atom. The Morgan fingerprint density at radius 3 is 2.44 bits per heavy atom. The average molecular weight is 224 g/mol. The van der Waals surface area contributed by atoms with E-state index in [0.717, 1.165) is 5.56 Å². The van der Waals surface area contributed by atoms with E-state index in [1.165, 1.54) is 0 Å². The Kier molecular flexibility index (Phi) is 4.93. The molecule has 0 saturated carbocycles. The molecule has 0 aliphatic rings. The van der Waals surface area contributed by atoms with Crippen LogP contribution in [0.15, 0.2) is 30.3 Å². The molecule has 16 heavy (non-hydrogen) atoms. The van der Waals surface area contributed by atoms with Gasteiger partial charge in [0.2, 0.25) is 0 Å². The second-order valence-corrected chi connectivity index (χ2v) is 4.31. The summed E-state index contributed by atoms with van der Waals surface area (Å²) in [5, 5.41) is 9.32. The highest BCUT2D eigenvalue weighted by Gasteiger charge is 2.22. The molecule has 90 valence electrons. The van der Waals surface area contributed by atoms with Crippen LogP contribution in [-0.4, -0.2) is 17.8 Å². The van der Waals surface area contributed by atoms with E-state index in [4.69, 9.17) is 9.78 Å². The molecule has 0 fully saturated rings. The molecule has 0 aromatic heterocycles. The van der Waals surface area contributed by atoms with Gasteiger partial charge in [-0.05, 0) is 25.8 Å². The van der Waals surface area contributed by atoms with Gasteiger partial charge in [-0.25, -0.2) is 9.78 Å². The number of hydrogen-bond acceptors (Lipinski definition) is 3. The van der Waals surface area contributed by atoms with Crippen LogP contribution in [0.25, 0.3) is 0 Å². The average Bonchev–Trinajstić information content (AvgIpc) is 2.30. The van der Waals surface area contributed by atoms with Crippen molar-refractivity contribution in [1.29, 1.82) is 0 Å². The van der Waals surface area contributed by atoms with E-state index in [2.05, 4.69) is 0 Å². The summed E-state index contributed by atoms with van der Waals surface area (Å²) in [6.45, 7) is 5.96. The van der Waals surface area contributed by atoms with Gasteiger partial charge < -0.3 is 5.11 Å². The van der Waals surface area contributed by atoms with Crippen molar-refractivity contribution in [3.63, 3.8) is 0 Å². The van der Waals surface area contributed by atoms with Crippen molar-refractivity contribution in [1.82, 2.24) is 0 Å². The maximum atomic E-state index is 9.32. The fourth-order valence-electron chi connectivity index (χ4n) is 1.27. The zero-order valence-corrected chi connectivity index (χ0v) is 10.1. The molecule has 0 heterocycles. The SMILES string of the molecule is CCC(O)COOC(C)(C)c1ccccc1. The molecule has 1 N–H and O–H groups in total. The fraction of sp³-hybridized carbons (Fsp3) is 0.538.